The Kier molecular flexibility index (Phi) is 3.68. The van der Waals surface area contributed by atoms with Gasteiger partial charge < -0.3 is 5.32 Å². The molecule has 0 spiro atoms. The lowest BCUT2D eigenvalue weighted by Crippen LogP contribution is -2.29. The van der Waals surface area contributed by atoms with Gasteiger partial charge in [0, 0.05) is 18.9 Å². The molecule has 1 aliphatic carbocycles. The molecule has 0 atom stereocenters. The number of fused-ring (bicyclic) bond motifs is 1. The fraction of sp³-hybridized carbons (Fsp3) is 0.588. The van der Waals surface area contributed by atoms with Crippen LogP contribution in [0.2, 0.25) is 0 Å². The van der Waals surface area contributed by atoms with Crippen LogP contribution in [0.1, 0.15) is 46.0 Å². The van der Waals surface area contributed by atoms with Crippen LogP contribution in [0.3, 0.4) is 0 Å². The molecule has 0 aromatic carbocycles. The normalized spacial score (nSPS) is 17.9. The van der Waals surface area contributed by atoms with Crippen molar-refractivity contribution in [2.75, 3.05) is 11.9 Å². The summed E-state index contributed by atoms with van der Waals surface area (Å²) in [5.41, 5.74) is 1.51. The second-order valence-electron chi connectivity index (χ2n) is 6.73. The van der Waals surface area contributed by atoms with Crippen LogP contribution in [0.4, 0.5) is 5.82 Å². The molecule has 0 bridgehead atoms. The number of rotatable bonds is 5. The van der Waals surface area contributed by atoms with E-state index in [-0.39, 0.29) is 0 Å². The summed E-state index contributed by atoms with van der Waals surface area (Å²) in [4.78, 5) is 4.35. The fourth-order valence-corrected chi connectivity index (χ4v) is 3.81. The molecule has 0 unspecified atom stereocenters. The molecule has 2 aromatic rings. The van der Waals surface area contributed by atoms with Gasteiger partial charge >= 0.3 is 0 Å². The molecule has 0 aliphatic heterocycles. The van der Waals surface area contributed by atoms with Crippen LogP contribution in [0, 0.1) is 11.3 Å². The van der Waals surface area contributed by atoms with Crippen LogP contribution >= 0.6 is 0 Å². The Hall–Kier alpha value is -1.51. The molecule has 2 aromatic heterocycles. The van der Waals surface area contributed by atoms with Crippen LogP contribution in [0.25, 0.3) is 5.65 Å². The number of anilines is 1. The van der Waals surface area contributed by atoms with E-state index in [9.17, 15) is 0 Å². The minimum atomic E-state index is 0.497. The monoisotopic (exact) mass is 271 g/mol. The second-order valence-corrected chi connectivity index (χ2v) is 6.73. The molecule has 1 fully saturated rings. The first-order valence-corrected chi connectivity index (χ1v) is 7.85. The first kappa shape index (κ1) is 13.5. The van der Waals surface area contributed by atoms with Crippen molar-refractivity contribution < 1.29 is 0 Å². The smallest absolute Gasteiger partial charge is 0.138 e. The van der Waals surface area contributed by atoms with Crippen molar-refractivity contribution in [3.63, 3.8) is 0 Å². The van der Waals surface area contributed by atoms with Crippen LogP contribution in [0.5, 0.6) is 0 Å². The predicted octanol–water partition coefficient (Wildman–Crippen LogP) is 4.35. The van der Waals surface area contributed by atoms with E-state index < -0.39 is 0 Å². The minimum absolute atomic E-state index is 0.497. The average molecular weight is 271 g/mol. The van der Waals surface area contributed by atoms with Gasteiger partial charge in [-0.2, -0.15) is 0 Å². The third-order valence-corrected chi connectivity index (χ3v) is 4.58. The van der Waals surface area contributed by atoms with Gasteiger partial charge in [-0.25, -0.2) is 4.98 Å². The van der Waals surface area contributed by atoms with Gasteiger partial charge in [0.25, 0.3) is 0 Å². The lowest BCUT2D eigenvalue weighted by Gasteiger charge is -2.31. The summed E-state index contributed by atoms with van der Waals surface area (Å²) in [6.45, 7) is 5.77. The highest BCUT2D eigenvalue weighted by atomic mass is 15.1. The van der Waals surface area contributed by atoms with E-state index in [2.05, 4.69) is 40.7 Å². The number of hydrogen-bond donors (Lipinski definition) is 1. The average Bonchev–Trinajstić information content (AvgIpc) is 3.05. The van der Waals surface area contributed by atoms with Crippen LogP contribution in [-0.2, 0) is 0 Å². The molecule has 1 saturated carbocycles. The summed E-state index contributed by atoms with van der Waals surface area (Å²) in [7, 11) is 0. The van der Waals surface area contributed by atoms with Crippen molar-refractivity contribution in [1.29, 1.82) is 0 Å². The molecule has 1 N–H and O–H groups in total. The Morgan fingerprint density at radius 1 is 1.30 bits per heavy atom. The Labute approximate surface area is 121 Å². The second kappa shape index (κ2) is 5.47. The molecular formula is C17H25N3. The van der Waals surface area contributed by atoms with Gasteiger partial charge in [-0.15, -0.1) is 0 Å². The van der Waals surface area contributed by atoms with E-state index in [1.165, 1.54) is 32.1 Å². The van der Waals surface area contributed by atoms with Crippen molar-refractivity contribution >= 4 is 11.5 Å². The first-order chi connectivity index (χ1) is 9.69. The van der Waals surface area contributed by atoms with Crippen LogP contribution in [0.15, 0.2) is 30.6 Å². The van der Waals surface area contributed by atoms with Crippen molar-refractivity contribution in [2.24, 2.45) is 11.3 Å². The summed E-state index contributed by atoms with van der Waals surface area (Å²) >= 11 is 0. The first-order valence-electron chi connectivity index (χ1n) is 7.85. The molecule has 3 rings (SSSR count). The van der Waals surface area contributed by atoms with E-state index in [1.54, 1.807) is 0 Å². The van der Waals surface area contributed by atoms with Gasteiger partial charge in [0.2, 0.25) is 0 Å². The van der Waals surface area contributed by atoms with E-state index in [4.69, 9.17) is 0 Å². The van der Waals surface area contributed by atoms with Gasteiger partial charge in [-0.1, -0.05) is 32.8 Å². The van der Waals surface area contributed by atoms with E-state index in [0.717, 1.165) is 23.9 Å². The number of nitrogens with zero attached hydrogens (tertiary/aromatic N) is 2. The molecule has 20 heavy (non-hydrogen) atoms. The maximum atomic E-state index is 4.35. The highest BCUT2D eigenvalue weighted by molar-refractivity contribution is 5.49. The standard InChI is InChI=1S/C17H25N3/c1-14(2)12-17(8-3-4-9-17)13-19-16-7-5-6-15-18-10-11-20(15)16/h5-7,10-11,14,19H,3-4,8-9,12-13H2,1-2H3. The van der Waals surface area contributed by atoms with E-state index in [1.807, 2.05) is 18.5 Å². The highest BCUT2D eigenvalue weighted by Gasteiger charge is 2.34. The molecule has 2 heterocycles. The summed E-state index contributed by atoms with van der Waals surface area (Å²) in [5.74, 6) is 1.94. The van der Waals surface area contributed by atoms with E-state index >= 15 is 0 Å². The number of nitrogens with one attached hydrogen (secondary N) is 1. The number of pyridine rings is 1. The topological polar surface area (TPSA) is 29.3 Å². The number of aromatic nitrogens is 2. The summed E-state index contributed by atoms with van der Waals surface area (Å²) < 4.78 is 2.14. The SMILES string of the molecule is CC(C)CC1(CNc2cccc3nccn23)CCCC1. The molecule has 0 saturated heterocycles. The Morgan fingerprint density at radius 3 is 2.85 bits per heavy atom. The Morgan fingerprint density at radius 2 is 2.10 bits per heavy atom. The lowest BCUT2D eigenvalue weighted by atomic mass is 9.78. The third kappa shape index (κ3) is 2.67. The van der Waals surface area contributed by atoms with Gasteiger partial charge in [-0.3, -0.25) is 4.40 Å². The zero-order chi connectivity index (χ0) is 14.0. The number of imidazole rings is 1. The molecule has 3 heteroatoms. The van der Waals surface area contributed by atoms with Crippen molar-refractivity contribution in [3.8, 4) is 0 Å². The summed E-state index contributed by atoms with van der Waals surface area (Å²) in [5, 5.41) is 3.68. The fourth-order valence-electron chi connectivity index (χ4n) is 3.81. The quantitative estimate of drug-likeness (QED) is 0.876. The van der Waals surface area contributed by atoms with E-state index in [0.29, 0.717) is 5.41 Å². The van der Waals surface area contributed by atoms with Gasteiger partial charge in [0.15, 0.2) is 0 Å². The summed E-state index contributed by atoms with van der Waals surface area (Å²) in [6, 6.07) is 6.27. The van der Waals surface area contributed by atoms with Gasteiger partial charge in [0.05, 0.1) is 0 Å². The zero-order valence-corrected chi connectivity index (χ0v) is 12.6. The number of hydrogen-bond acceptors (Lipinski definition) is 2. The lowest BCUT2D eigenvalue weighted by molar-refractivity contribution is 0.252. The molecule has 0 radical (unpaired) electrons. The summed E-state index contributed by atoms with van der Waals surface area (Å²) in [6.07, 6.45) is 10.8. The molecule has 3 nitrogen and oxygen atoms in total. The maximum absolute atomic E-state index is 4.35. The van der Waals surface area contributed by atoms with Gasteiger partial charge in [-0.05, 0) is 42.7 Å². The third-order valence-electron chi connectivity index (χ3n) is 4.58. The molecule has 1 aliphatic rings. The predicted molar refractivity (Wildman–Crippen MR) is 84.0 cm³/mol. The molecular weight excluding hydrogens is 246 g/mol. The minimum Gasteiger partial charge on any atom is -0.371 e. The zero-order valence-electron chi connectivity index (χ0n) is 12.6. The molecule has 0 amide bonds. The highest BCUT2D eigenvalue weighted by Crippen LogP contribution is 2.43. The largest absolute Gasteiger partial charge is 0.371 e. The Bertz CT molecular complexity index is 564. The molecule has 108 valence electrons. The van der Waals surface area contributed by atoms with Crippen molar-refractivity contribution in [3.05, 3.63) is 30.6 Å². The van der Waals surface area contributed by atoms with Crippen molar-refractivity contribution in [2.45, 2.75) is 46.0 Å². The van der Waals surface area contributed by atoms with Crippen molar-refractivity contribution in [1.82, 2.24) is 9.38 Å². The van der Waals surface area contributed by atoms with Crippen LogP contribution in [-0.4, -0.2) is 15.9 Å². The van der Waals surface area contributed by atoms with Gasteiger partial charge in [0.1, 0.15) is 11.5 Å². The Balaban J connectivity index is 1.75. The van der Waals surface area contributed by atoms with Crippen LogP contribution < -0.4 is 5.32 Å². The maximum Gasteiger partial charge on any atom is 0.138 e.